The minimum atomic E-state index is -4.68. The lowest BCUT2D eigenvalue weighted by Gasteiger charge is -2.35. The smallest absolute Gasteiger partial charge is 0.406 e. The van der Waals surface area contributed by atoms with Crippen LogP contribution in [0, 0.1) is 0 Å². The molecule has 7 heteroatoms. The van der Waals surface area contributed by atoms with Gasteiger partial charge in [0, 0.05) is 10.9 Å². The van der Waals surface area contributed by atoms with Crippen molar-refractivity contribution in [1.82, 2.24) is 4.98 Å². The van der Waals surface area contributed by atoms with Crippen molar-refractivity contribution in [3.63, 3.8) is 0 Å². The third-order valence-electron chi connectivity index (χ3n) is 3.56. The fraction of sp³-hybridized carbons (Fsp3) is 0.357. The third kappa shape index (κ3) is 3.03. The van der Waals surface area contributed by atoms with Gasteiger partial charge in [0.15, 0.2) is 0 Å². The molecule has 0 aliphatic heterocycles. The number of nitrogens with two attached hydrogens (primary N) is 1. The third-order valence-corrected chi connectivity index (χ3v) is 4.62. The van der Waals surface area contributed by atoms with Crippen LogP contribution in [0.15, 0.2) is 29.6 Å². The van der Waals surface area contributed by atoms with Gasteiger partial charge in [-0.05, 0) is 43.5 Å². The molecule has 2 aromatic rings. The van der Waals surface area contributed by atoms with Crippen molar-refractivity contribution in [3.8, 4) is 17.0 Å². The fourth-order valence-corrected chi connectivity index (χ4v) is 3.24. The minimum Gasteiger partial charge on any atom is -0.406 e. The Morgan fingerprint density at radius 1 is 1.19 bits per heavy atom. The number of hydrogen-bond donors (Lipinski definition) is 1. The van der Waals surface area contributed by atoms with Crippen molar-refractivity contribution in [2.75, 3.05) is 0 Å². The van der Waals surface area contributed by atoms with E-state index in [1.807, 2.05) is 5.38 Å². The van der Waals surface area contributed by atoms with Gasteiger partial charge >= 0.3 is 6.36 Å². The van der Waals surface area contributed by atoms with E-state index in [1.165, 1.54) is 23.5 Å². The van der Waals surface area contributed by atoms with Gasteiger partial charge in [-0.3, -0.25) is 0 Å². The first-order valence-corrected chi connectivity index (χ1v) is 7.35. The van der Waals surface area contributed by atoms with E-state index < -0.39 is 6.36 Å². The molecule has 21 heavy (non-hydrogen) atoms. The van der Waals surface area contributed by atoms with E-state index in [9.17, 15) is 13.2 Å². The molecular weight excluding hydrogens is 301 g/mol. The van der Waals surface area contributed by atoms with Gasteiger partial charge in [0.2, 0.25) is 0 Å². The Bertz CT molecular complexity index is 632. The summed E-state index contributed by atoms with van der Waals surface area (Å²) in [5.41, 5.74) is 7.37. The van der Waals surface area contributed by atoms with Crippen LogP contribution in [0.3, 0.4) is 0 Å². The molecule has 1 aromatic carbocycles. The number of rotatable bonds is 3. The molecule has 1 fully saturated rings. The Morgan fingerprint density at radius 3 is 2.38 bits per heavy atom. The molecule has 112 valence electrons. The number of ether oxygens (including phenoxy) is 1. The molecule has 1 aliphatic rings. The molecule has 1 heterocycles. The van der Waals surface area contributed by atoms with E-state index in [1.54, 1.807) is 12.1 Å². The van der Waals surface area contributed by atoms with Crippen LogP contribution in [0.1, 0.15) is 24.3 Å². The molecule has 3 nitrogen and oxygen atoms in total. The van der Waals surface area contributed by atoms with Gasteiger partial charge < -0.3 is 10.5 Å². The van der Waals surface area contributed by atoms with Crippen LogP contribution in [0.2, 0.25) is 0 Å². The monoisotopic (exact) mass is 314 g/mol. The quantitative estimate of drug-likeness (QED) is 0.930. The van der Waals surface area contributed by atoms with E-state index in [4.69, 9.17) is 5.73 Å². The van der Waals surface area contributed by atoms with E-state index in [0.29, 0.717) is 0 Å². The van der Waals surface area contributed by atoms with Gasteiger partial charge in [0.25, 0.3) is 0 Å². The lowest BCUT2D eigenvalue weighted by atomic mass is 9.78. The predicted molar refractivity (Wildman–Crippen MR) is 73.9 cm³/mol. The van der Waals surface area contributed by atoms with Crippen LogP contribution < -0.4 is 10.5 Å². The van der Waals surface area contributed by atoms with E-state index in [2.05, 4.69) is 9.72 Å². The maximum Gasteiger partial charge on any atom is 0.573 e. The molecule has 1 aromatic heterocycles. The summed E-state index contributed by atoms with van der Waals surface area (Å²) in [4.78, 5) is 4.51. The molecule has 0 saturated heterocycles. The number of halogens is 3. The van der Waals surface area contributed by atoms with E-state index >= 15 is 0 Å². The van der Waals surface area contributed by atoms with Crippen molar-refractivity contribution >= 4 is 11.3 Å². The highest BCUT2D eigenvalue weighted by atomic mass is 32.1. The van der Waals surface area contributed by atoms with E-state index in [0.717, 1.165) is 35.5 Å². The normalized spacial score (nSPS) is 17.3. The van der Waals surface area contributed by atoms with Crippen molar-refractivity contribution < 1.29 is 17.9 Å². The minimum absolute atomic E-state index is 0.240. The topological polar surface area (TPSA) is 48.1 Å². The average Bonchev–Trinajstić information content (AvgIpc) is 2.85. The van der Waals surface area contributed by atoms with Crippen LogP contribution in [-0.4, -0.2) is 11.3 Å². The molecular formula is C14H13F3N2OS. The zero-order chi connectivity index (χ0) is 15.1. The van der Waals surface area contributed by atoms with Gasteiger partial charge in [-0.25, -0.2) is 4.98 Å². The highest BCUT2D eigenvalue weighted by Gasteiger charge is 2.37. The Morgan fingerprint density at radius 2 is 1.86 bits per heavy atom. The second-order valence-electron chi connectivity index (χ2n) is 5.12. The van der Waals surface area contributed by atoms with Crippen LogP contribution in [-0.2, 0) is 5.54 Å². The van der Waals surface area contributed by atoms with E-state index in [-0.39, 0.29) is 11.3 Å². The zero-order valence-corrected chi connectivity index (χ0v) is 11.8. The molecule has 1 saturated carbocycles. The lowest BCUT2D eigenvalue weighted by molar-refractivity contribution is -0.274. The number of alkyl halides is 3. The van der Waals surface area contributed by atoms with Gasteiger partial charge in [-0.15, -0.1) is 24.5 Å². The standard InChI is InChI=1S/C14H13F3N2OS/c15-14(16,17)20-10-4-2-9(3-5-10)11-8-21-12(19-11)13(18)6-1-7-13/h2-5,8H,1,6-7,18H2. The summed E-state index contributed by atoms with van der Waals surface area (Å²) in [6.45, 7) is 0. The summed E-state index contributed by atoms with van der Waals surface area (Å²) in [5.74, 6) is -0.240. The van der Waals surface area contributed by atoms with Crippen LogP contribution in [0.4, 0.5) is 13.2 Å². The number of benzene rings is 1. The lowest BCUT2D eigenvalue weighted by Crippen LogP contribution is -2.43. The summed E-state index contributed by atoms with van der Waals surface area (Å²) < 4.78 is 40.1. The molecule has 0 amide bonds. The van der Waals surface area contributed by atoms with Crippen molar-refractivity contribution in [3.05, 3.63) is 34.7 Å². The molecule has 1 aliphatic carbocycles. The number of aromatic nitrogens is 1. The fourth-order valence-electron chi connectivity index (χ4n) is 2.23. The molecule has 0 spiro atoms. The number of hydrogen-bond acceptors (Lipinski definition) is 4. The molecule has 0 radical (unpaired) electrons. The summed E-state index contributed by atoms with van der Waals surface area (Å²) in [6.07, 6.45) is -1.71. The van der Waals surface area contributed by atoms with Crippen molar-refractivity contribution in [2.24, 2.45) is 5.73 Å². The molecule has 0 bridgehead atoms. The van der Waals surface area contributed by atoms with Crippen LogP contribution in [0.25, 0.3) is 11.3 Å². The van der Waals surface area contributed by atoms with Gasteiger partial charge in [0.05, 0.1) is 11.2 Å². The highest BCUT2D eigenvalue weighted by Crippen LogP contribution is 2.41. The Hall–Kier alpha value is -1.60. The van der Waals surface area contributed by atoms with Gasteiger partial charge in [-0.1, -0.05) is 0 Å². The molecule has 2 N–H and O–H groups in total. The zero-order valence-electron chi connectivity index (χ0n) is 11.0. The molecule has 3 rings (SSSR count). The Kier molecular flexibility index (Phi) is 3.41. The van der Waals surface area contributed by atoms with Gasteiger partial charge in [0.1, 0.15) is 10.8 Å². The first-order valence-electron chi connectivity index (χ1n) is 6.47. The maximum atomic E-state index is 12.1. The summed E-state index contributed by atoms with van der Waals surface area (Å²) in [6, 6.07) is 5.68. The summed E-state index contributed by atoms with van der Waals surface area (Å²) in [7, 11) is 0. The first kappa shape index (κ1) is 14.3. The van der Waals surface area contributed by atoms with Crippen LogP contribution >= 0.6 is 11.3 Å². The Balaban J connectivity index is 1.78. The number of thiazole rings is 1. The second kappa shape index (κ2) is 4.99. The summed E-state index contributed by atoms with van der Waals surface area (Å²) >= 11 is 1.49. The molecule has 0 atom stereocenters. The first-order chi connectivity index (χ1) is 9.86. The highest BCUT2D eigenvalue weighted by molar-refractivity contribution is 7.10. The van der Waals surface area contributed by atoms with Crippen molar-refractivity contribution in [1.29, 1.82) is 0 Å². The second-order valence-corrected chi connectivity index (χ2v) is 5.98. The SMILES string of the molecule is NC1(c2nc(-c3ccc(OC(F)(F)F)cc3)cs2)CCC1. The van der Waals surface area contributed by atoms with Crippen molar-refractivity contribution in [2.45, 2.75) is 31.2 Å². The van der Waals surface area contributed by atoms with Crippen LogP contribution in [0.5, 0.6) is 5.75 Å². The number of nitrogens with zero attached hydrogens (tertiary/aromatic N) is 1. The molecule has 0 unspecified atom stereocenters. The van der Waals surface area contributed by atoms with Gasteiger partial charge in [-0.2, -0.15) is 0 Å². The maximum absolute atomic E-state index is 12.1. The average molecular weight is 314 g/mol. The predicted octanol–water partition coefficient (Wildman–Crippen LogP) is 4.05. The summed E-state index contributed by atoms with van der Waals surface area (Å²) in [5, 5.41) is 2.77. The largest absolute Gasteiger partial charge is 0.573 e. The Labute approximate surface area is 123 Å².